The van der Waals surface area contributed by atoms with Crippen LogP contribution in [0.4, 0.5) is 0 Å². The Hall–Kier alpha value is -2.14. The van der Waals surface area contributed by atoms with Crippen LogP contribution in [0.25, 0.3) is 11.0 Å². The molecule has 3 rings (SSSR count). The molecule has 1 aromatic carbocycles. The van der Waals surface area contributed by atoms with Gasteiger partial charge in [-0.3, -0.25) is 4.68 Å². The molecule has 0 radical (unpaired) electrons. The highest BCUT2D eigenvalue weighted by Gasteiger charge is 2.08. The zero-order valence-corrected chi connectivity index (χ0v) is 13.5. The molecule has 22 heavy (non-hydrogen) atoms. The fraction of sp³-hybridized carbons (Fsp3) is 0.412. The summed E-state index contributed by atoms with van der Waals surface area (Å²) in [6.45, 7) is 7.05. The summed E-state index contributed by atoms with van der Waals surface area (Å²) >= 11 is 0. The lowest BCUT2D eigenvalue weighted by molar-refractivity contribution is 0.586. The Kier molecular flexibility index (Phi) is 4.24. The van der Waals surface area contributed by atoms with Gasteiger partial charge in [0.25, 0.3) is 0 Å². The number of benzene rings is 1. The molecule has 1 N–H and O–H groups in total. The average molecular weight is 297 g/mol. The summed E-state index contributed by atoms with van der Waals surface area (Å²) in [6.07, 6.45) is 3.01. The lowest BCUT2D eigenvalue weighted by Crippen LogP contribution is -2.17. The first-order chi connectivity index (χ1) is 10.7. The fourth-order valence-corrected chi connectivity index (χ4v) is 2.85. The number of aryl methyl sites for hydroxylation is 3. The molecule has 0 spiro atoms. The summed E-state index contributed by atoms with van der Waals surface area (Å²) in [6, 6.07) is 8.27. The number of hydrogen-bond donors (Lipinski definition) is 1. The number of fused-ring (bicyclic) bond motifs is 1. The molecule has 116 valence electrons. The first-order valence-electron chi connectivity index (χ1n) is 7.76. The molecule has 0 unspecified atom stereocenters. The molecule has 0 fully saturated rings. The van der Waals surface area contributed by atoms with Crippen LogP contribution in [0.5, 0.6) is 0 Å². The summed E-state index contributed by atoms with van der Waals surface area (Å²) in [5, 5.41) is 7.97. The second-order valence-electron chi connectivity index (χ2n) is 5.73. The maximum absolute atomic E-state index is 4.45. The van der Waals surface area contributed by atoms with E-state index in [9.17, 15) is 0 Å². The van der Waals surface area contributed by atoms with Crippen molar-refractivity contribution in [2.45, 2.75) is 33.4 Å². The van der Waals surface area contributed by atoms with Gasteiger partial charge in [-0.1, -0.05) is 12.1 Å². The molecule has 0 aliphatic heterocycles. The first kappa shape index (κ1) is 14.8. The third-order valence-corrected chi connectivity index (χ3v) is 4.24. The minimum absolute atomic E-state index is 0.885. The van der Waals surface area contributed by atoms with Gasteiger partial charge in [-0.15, -0.1) is 0 Å². The Morgan fingerprint density at radius 1 is 1.18 bits per heavy atom. The van der Waals surface area contributed by atoms with E-state index in [4.69, 9.17) is 0 Å². The maximum Gasteiger partial charge on any atom is 0.0958 e. The highest BCUT2D eigenvalue weighted by Crippen LogP contribution is 2.13. The normalized spacial score (nSPS) is 11.4. The van der Waals surface area contributed by atoms with Crippen molar-refractivity contribution in [1.29, 1.82) is 0 Å². The van der Waals surface area contributed by atoms with Crippen LogP contribution in [-0.2, 0) is 20.1 Å². The van der Waals surface area contributed by atoms with Crippen LogP contribution in [0.1, 0.15) is 23.4 Å². The van der Waals surface area contributed by atoms with E-state index in [0.29, 0.717) is 0 Å². The number of hydrogen-bond acceptors (Lipinski definition) is 3. The van der Waals surface area contributed by atoms with Gasteiger partial charge in [0.15, 0.2) is 0 Å². The highest BCUT2D eigenvalue weighted by molar-refractivity contribution is 5.74. The van der Waals surface area contributed by atoms with Crippen LogP contribution in [0.2, 0.25) is 0 Å². The highest BCUT2D eigenvalue weighted by atomic mass is 15.3. The Balaban J connectivity index is 1.50. The summed E-state index contributed by atoms with van der Waals surface area (Å²) in [5.41, 5.74) is 5.95. The number of imidazole rings is 1. The number of nitrogens with zero attached hydrogens (tertiary/aromatic N) is 4. The van der Waals surface area contributed by atoms with E-state index < -0.39 is 0 Å². The van der Waals surface area contributed by atoms with E-state index in [2.05, 4.69) is 52.0 Å². The Morgan fingerprint density at radius 3 is 2.77 bits per heavy atom. The molecule has 5 nitrogen and oxygen atoms in total. The van der Waals surface area contributed by atoms with E-state index in [-0.39, 0.29) is 0 Å². The van der Waals surface area contributed by atoms with Crippen LogP contribution < -0.4 is 5.32 Å². The number of aromatic nitrogens is 4. The molecule has 2 heterocycles. The van der Waals surface area contributed by atoms with Gasteiger partial charge in [0, 0.05) is 31.4 Å². The maximum atomic E-state index is 4.45. The number of para-hydroxylation sites is 2. The summed E-state index contributed by atoms with van der Waals surface area (Å²) < 4.78 is 4.17. The topological polar surface area (TPSA) is 47.7 Å². The SMILES string of the molecule is Cc1nn(C)c(C)c1CNCCCn1cnc2ccccc21. The largest absolute Gasteiger partial charge is 0.331 e. The summed E-state index contributed by atoms with van der Waals surface area (Å²) in [4.78, 5) is 4.42. The zero-order valence-electron chi connectivity index (χ0n) is 13.5. The van der Waals surface area contributed by atoms with Crippen LogP contribution in [0.3, 0.4) is 0 Å². The van der Waals surface area contributed by atoms with Crippen molar-refractivity contribution < 1.29 is 0 Å². The monoisotopic (exact) mass is 297 g/mol. The molecule has 2 aromatic heterocycles. The van der Waals surface area contributed by atoms with Crippen LogP contribution in [0, 0.1) is 13.8 Å². The predicted octanol–water partition coefficient (Wildman–Crippen LogP) is 2.57. The van der Waals surface area contributed by atoms with Crippen molar-refractivity contribution in [2.75, 3.05) is 6.54 Å². The summed E-state index contributed by atoms with van der Waals surface area (Å²) in [7, 11) is 2.00. The van der Waals surface area contributed by atoms with Gasteiger partial charge in [-0.25, -0.2) is 4.98 Å². The lowest BCUT2D eigenvalue weighted by Gasteiger charge is -2.07. The van der Waals surface area contributed by atoms with Crippen molar-refractivity contribution in [3.8, 4) is 0 Å². The molecule has 0 amide bonds. The standard InChI is InChI=1S/C17H23N5/c1-13-15(14(2)21(3)20-13)11-18-9-6-10-22-12-19-16-7-4-5-8-17(16)22/h4-5,7-8,12,18H,6,9-11H2,1-3H3. The second kappa shape index (κ2) is 6.32. The van der Waals surface area contributed by atoms with Gasteiger partial charge in [0.1, 0.15) is 0 Å². The molecule has 0 saturated heterocycles. The number of nitrogens with one attached hydrogen (secondary N) is 1. The van der Waals surface area contributed by atoms with E-state index in [1.54, 1.807) is 0 Å². The van der Waals surface area contributed by atoms with Crippen LogP contribution in [0.15, 0.2) is 30.6 Å². The minimum atomic E-state index is 0.885. The Morgan fingerprint density at radius 2 is 2.00 bits per heavy atom. The lowest BCUT2D eigenvalue weighted by atomic mass is 10.2. The van der Waals surface area contributed by atoms with E-state index in [0.717, 1.165) is 37.3 Å². The predicted molar refractivity (Wildman–Crippen MR) is 88.7 cm³/mol. The van der Waals surface area contributed by atoms with Crippen molar-refractivity contribution >= 4 is 11.0 Å². The molecule has 0 aliphatic carbocycles. The van der Waals surface area contributed by atoms with Crippen molar-refractivity contribution in [3.05, 3.63) is 47.5 Å². The molecule has 0 bridgehead atoms. The van der Waals surface area contributed by atoms with E-state index >= 15 is 0 Å². The van der Waals surface area contributed by atoms with Gasteiger partial charge in [-0.05, 0) is 38.9 Å². The number of rotatable bonds is 6. The summed E-state index contributed by atoms with van der Waals surface area (Å²) in [5.74, 6) is 0. The molecule has 0 saturated carbocycles. The van der Waals surface area contributed by atoms with Crippen molar-refractivity contribution in [2.24, 2.45) is 7.05 Å². The quantitative estimate of drug-likeness (QED) is 0.711. The minimum Gasteiger partial charge on any atom is -0.331 e. The zero-order chi connectivity index (χ0) is 15.5. The van der Waals surface area contributed by atoms with Gasteiger partial charge in [0.2, 0.25) is 0 Å². The van der Waals surface area contributed by atoms with Gasteiger partial charge >= 0.3 is 0 Å². The molecule has 5 heteroatoms. The first-order valence-corrected chi connectivity index (χ1v) is 7.76. The van der Waals surface area contributed by atoms with E-state index in [1.165, 1.54) is 16.8 Å². The van der Waals surface area contributed by atoms with Gasteiger partial charge in [0.05, 0.1) is 23.1 Å². The molecule has 0 aliphatic rings. The van der Waals surface area contributed by atoms with Crippen LogP contribution >= 0.6 is 0 Å². The molecular weight excluding hydrogens is 274 g/mol. The van der Waals surface area contributed by atoms with E-state index in [1.807, 2.05) is 24.1 Å². The van der Waals surface area contributed by atoms with Gasteiger partial charge < -0.3 is 9.88 Å². The fourth-order valence-electron chi connectivity index (χ4n) is 2.85. The Labute approximate surface area is 131 Å². The average Bonchev–Trinajstić information content (AvgIpc) is 3.03. The van der Waals surface area contributed by atoms with Crippen LogP contribution in [-0.4, -0.2) is 25.9 Å². The van der Waals surface area contributed by atoms with Crippen molar-refractivity contribution in [1.82, 2.24) is 24.6 Å². The van der Waals surface area contributed by atoms with Crippen molar-refractivity contribution in [3.63, 3.8) is 0 Å². The third kappa shape index (κ3) is 2.90. The molecular formula is C17H23N5. The molecule has 0 atom stereocenters. The Bertz CT molecular complexity index is 769. The molecule has 3 aromatic rings. The smallest absolute Gasteiger partial charge is 0.0958 e. The third-order valence-electron chi connectivity index (χ3n) is 4.24. The second-order valence-corrected chi connectivity index (χ2v) is 5.73. The van der Waals surface area contributed by atoms with Gasteiger partial charge in [-0.2, -0.15) is 5.10 Å².